The molecule has 124 valence electrons. The maximum Gasteiger partial charge on any atom is 0.325 e. The molecule has 1 fully saturated rings. The van der Waals surface area contributed by atoms with Gasteiger partial charge in [0.05, 0.1) is 18.8 Å². The van der Waals surface area contributed by atoms with E-state index in [-0.39, 0.29) is 17.7 Å². The maximum atomic E-state index is 12.1. The molecule has 2 unspecified atom stereocenters. The Morgan fingerprint density at radius 1 is 1.29 bits per heavy atom. The average molecular weight is 301 g/mol. The topological polar surface area (TPSA) is 56.8 Å². The summed E-state index contributed by atoms with van der Waals surface area (Å²) in [5.74, 6) is -0.220. The lowest BCUT2D eigenvalue weighted by Gasteiger charge is -2.31. The molecule has 5 nitrogen and oxygen atoms in total. The smallest absolute Gasteiger partial charge is 0.325 e. The van der Waals surface area contributed by atoms with Crippen molar-refractivity contribution in [1.29, 1.82) is 0 Å². The van der Waals surface area contributed by atoms with Crippen molar-refractivity contribution in [2.45, 2.75) is 76.7 Å². The minimum Gasteiger partial charge on any atom is -0.468 e. The number of hydrogen-bond acceptors (Lipinski definition) is 5. The molecule has 0 amide bonds. The zero-order valence-electron chi connectivity index (χ0n) is 14.3. The van der Waals surface area contributed by atoms with Crippen molar-refractivity contribution in [3.63, 3.8) is 0 Å². The first-order valence-corrected chi connectivity index (χ1v) is 7.75. The van der Waals surface area contributed by atoms with E-state index in [1.807, 2.05) is 27.7 Å². The van der Waals surface area contributed by atoms with Crippen molar-refractivity contribution in [2.24, 2.45) is 0 Å². The number of carbonyl (C=O) groups excluding carboxylic acids is 1. The lowest BCUT2D eigenvalue weighted by Crippen LogP contribution is -2.53. The third-order valence-electron chi connectivity index (χ3n) is 4.09. The van der Waals surface area contributed by atoms with Crippen molar-refractivity contribution in [1.82, 2.24) is 5.32 Å². The summed E-state index contributed by atoms with van der Waals surface area (Å²) >= 11 is 0. The quantitative estimate of drug-likeness (QED) is 0.627. The van der Waals surface area contributed by atoms with Crippen molar-refractivity contribution >= 4 is 5.97 Å². The molecule has 2 atom stereocenters. The first kappa shape index (κ1) is 18.4. The van der Waals surface area contributed by atoms with Gasteiger partial charge in [0, 0.05) is 26.2 Å². The highest BCUT2D eigenvalue weighted by atomic mass is 16.5. The Balaban J connectivity index is 2.44. The number of ether oxygens (including phenoxy) is 3. The standard InChI is InChI=1S/C16H31NO4/c1-12(21-10-9-15(2,3)20-6)11-16(4,14(18)19-5)17-13-7-8-13/h12-13,17H,7-11H2,1-6H3. The fourth-order valence-electron chi connectivity index (χ4n) is 2.35. The average Bonchev–Trinajstić information content (AvgIpc) is 3.20. The van der Waals surface area contributed by atoms with Gasteiger partial charge in [-0.15, -0.1) is 0 Å². The van der Waals surface area contributed by atoms with Gasteiger partial charge in [-0.25, -0.2) is 0 Å². The Labute approximate surface area is 128 Å². The molecule has 21 heavy (non-hydrogen) atoms. The second-order valence-corrected chi connectivity index (χ2v) is 6.84. The third-order valence-corrected chi connectivity index (χ3v) is 4.09. The number of nitrogens with one attached hydrogen (secondary N) is 1. The zero-order chi connectivity index (χ0) is 16.1. The predicted octanol–water partition coefficient (Wildman–Crippen LogP) is 2.28. The zero-order valence-corrected chi connectivity index (χ0v) is 14.3. The monoisotopic (exact) mass is 301 g/mol. The van der Waals surface area contributed by atoms with Crippen molar-refractivity contribution in [3.05, 3.63) is 0 Å². The van der Waals surface area contributed by atoms with E-state index in [2.05, 4.69) is 5.32 Å². The Kier molecular flexibility index (Phi) is 6.63. The van der Waals surface area contributed by atoms with Gasteiger partial charge >= 0.3 is 5.97 Å². The molecule has 1 rings (SSSR count). The van der Waals surface area contributed by atoms with Gasteiger partial charge in [-0.2, -0.15) is 0 Å². The van der Waals surface area contributed by atoms with Crippen LogP contribution in [0.15, 0.2) is 0 Å². The van der Waals surface area contributed by atoms with Gasteiger partial charge < -0.3 is 14.2 Å². The maximum absolute atomic E-state index is 12.1. The molecular weight excluding hydrogens is 270 g/mol. The molecule has 1 saturated carbocycles. The van der Waals surface area contributed by atoms with Crippen LogP contribution in [0.2, 0.25) is 0 Å². The molecule has 0 radical (unpaired) electrons. The molecule has 1 N–H and O–H groups in total. The summed E-state index contributed by atoms with van der Waals surface area (Å²) in [4.78, 5) is 12.1. The predicted molar refractivity (Wildman–Crippen MR) is 82.3 cm³/mol. The van der Waals surface area contributed by atoms with E-state index in [1.165, 1.54) is 7.11 Å². The van der Waals surface area contributed by atoms with Crippen LogP contribution in [0, 0.1) is 0 Å². The van der Waals surface area contributed by atoms with Crippen LogP contribution in [-0.2, 0) is 19.0 Å². The van der Waals surface area contributed by atoms with Crippen LogP contribution in [0.25, 0.3) is 0 Å². The Morgan fingerprint density at radius 2 is 1.90 bits per heavy atom. The molecule has 0 spiro atoms. The molecular formula is C16H31NO4. The van der Waals surface area contributed by atoms with E-state index in [1.54, 1.807) is 7.11 Å². The molecule has 1 aliphatic carbocycles. The van der Waals surface area contributed by atoms with Crippen molar-refractivity contribution < 1.29 is 19.0 Å². The summed E-state index contributed by atoms with van der Waals surface area (Å²) in [5, 5.41) is 3.39. The SMILES string of the molecule is COC(=O)C(C)(CC(C)OCCC(C)(C)OC)NC1CC1. The summed E-state index contributed by atoms with van der Waals surface area (Å²) in [5.41, 5.74) is -0.857. The largest absolute Gasteiger partial charge is 0.468 e. The van der Waals surface area contributed by atoms with E-state index in [9.17, 15) is 4.79 Å². The lowest BCUT2D eigenvalue weighted by molar-refractivity contribution is -0.150. The van der Waals surface area contributed by atoms with E-state index < -0.39 is 5.54 Å². The van der Waals surface area contributed by atoms with Crippen LogP contribution in [0.1, 0.15) is 53.4 Å². The number of esters is 1. The number of carbonyl (C=O) groups is 1. The van der Waals surface area contributed by atoms with Crippen LogP contribution in [-0.4, -0.2) is 50.1 Å². The van der Waals surface area contributed by atoms with Gasteiger partial charge in [0.1, 0.15) is 5.54 Å². The summed E-state index contributed by atoms with van der Waals surface area (Å²) in [6, 6.07) is 0.439. The highest BCUT2D eigenvalue weighted by Crippen LogP contribution is 2.26. The Hall–Kier alpha value is -0.650. The molecule has 0 bridgehead atoms. The lowest BCUT2D eigenvalue weighted by atomic mass is 9.94. The van der Waals surface area contributed by atoms with Gasteiger partial charge in [0.15, 0.2) is 0 Å². The normalized spacial score (nSPS) is 19.9. The molecule has 0 aromatic carbocycles. The highest BCUT2D eigenvalue weighted by Gasteiger charge is 2.40. The minimum atomic E-state index is -0.674. The molecule has 1 aliphatic rings. The summed E-state index contributed by atoms with van der Waals surface area (Å²) in [6.07, 6.45) is 3.66. The van der Waals surface area contributed by atoms with Gasteiger partial charge in [-0.3, -0.25) is 10.1 Å². The summed E-state index contributed by atoms with van der Waals surface area (Å²) < 4.78 is 16.2. The van der Waals surface area contributed by atoms with Gasteiger partial charge in [0.2, 0.25) is 0 Å². The van der Waals surface area contributed by atoms with Crippen LogP contribution in [0.5, 0.6) is 0 Å². The van der Waals surface area contributed by atoms with Crippen LogP contribution in [0.4, 0.5) is 0 Å². The van der Waals surface area contributed by atoms with Crippen LogP contribution in [0.3, 0.4) is 0 Å². The second-order valence-electron chi connectivity index (χ2n) is 6.84. The minimum absolute atomic E-state index is 0.0204. The Bertz CT molecular complexity index is 341. The first-order chi connectivity index (χ1) is 9.72. The van der Waals surface area contributed by atoms with E-state index in [4.69, 9.17) is 14.2 Å². The van der Waals surface area contributed by atoms with Gasteiger partial charge in [0.25, 0.3) is 0 Å². The Morgan fingerprint density at radius 3 is 2.38 bits per heavy atom. The number of hydrogen-bond donors (Lipinski definition) is 1. The number of methoxy groups -OCH3 is 2. The molecule has 5 heteroatoms. The second kappa shape index (κ2) is 7.56. The number of rotatable bonds is 10. The fraction of sp³-hybridized carbons (Fsp3) is 0.938. The molecule has 0 aromatic rings. The van der Waals surface area contributed by atoms with E-state index >= 15 is 0 Å². The summed E-state index contributed by atoms with van der Waals surface area (Å²) in [6.45, 7) is 8.58. The van der Waals surface area contributed by atoms with Gasteiger partial charge in [-0.1, -0.05) is 0 Å². The molecule has 0 aromatic heterocycles. The summed E-state index contributed by atoms with van der Waals surface area (Å²) in [7, 11) is 3.14. The van der Waals surface area contributed by atoms with E-state index in [0.717, 1.165) is 19.3 Å². The third kappa shape index (κ3) is 6.32. The molecule has 0 saturated heterocycles. The van der Waals surface area contributed by atoms with Gasteiger partial charge in [-0.05, 0) is 47.0 Å². The fourth-order valence-corrected chi connectivity index (χ4v) is 2.35. The van der Waals surface area contributed by atoms with Crippen molar-refractivity contribution in [2.75, 3.05) is 20.8 Å². The molecule has 0 heterocycles. The first-order valence-electron chi connectivity index (χ1n) is 7.75. The molecule has 0 aliphatic heterocycles. The van der Waals surface area contributed by atoms with Crippen LogP contribution >= 0.6 is 0 Å². The highest BCUT2D eigenvalue weighted by molar-refractivity contribution is 5.80. The van der Waals surface area contributed by atoms with E-state index in [0.29, 0.717) is 19.1 Å². The van der Waals surface area contributed by atoms with Crippen LogP contribution < -0.4 is 5.32 Å². The van der Waals surface area contributed by atoms with Crippen molar-refractivity contribution in [3.8, 4) is 0 Å².